The minimum Gasteiger partial charge on any atom is -0.478 e. The number of amides is 1. The Bertz CT molecular complexity index is 671. The fourth-order valence-electron chi connectivity index (χ4n) is 1.62. The summed E-state index contributed by atoms with van der Waals surface area (Å²) in [5.74, 6) is -1.44. The Hall–Kier alpha value is -1.41. The molecule has 0 aliphatic heterocycles. The molecule has 0 spiro atoms. The van der Waals surface area contributed by atoms with Crippen LogP contribution in [-0.4, -0.2) is 17.0 Å². The fourth-order valence-corrected chi connectivity index (χ4v) is 2.44. The van der Waals surface area contributed by atoms with Gasteiger partial charge in [0.1, 0.15) is 0 Å². The molecule has 0 saturated heterocycles. The number of halogens is 2. The van der Waals surface area contributed by atoms with Gasteiger partial charge in [0.05, 0.1) is 11.3 Å². The molecule has 4 nitrogen and oxygen atoms in total. The summed E-state index contributed by atoms with van der Waals surface area (Å²) in [6.07, 6.45) is 0. The van der Waals surface area contributed by atoms with Crippen LogP contribution in [0.3, 0.4) is 0 Å². The second-order valence-electron chi connectivity index (χ2n) is 3.93. The monoisotopic (exact) mass is 445 g/mol. The highest BCUT2D eigenvalue weighted by molar-refractivity contribution is 14.1. The summed E-state index contributed by atoms with van der Waals surface area (Å²) >= 11 is 5.39. The van der Waals surface area contributed by atoms with E-state index < -0.39 is 5.97 Å². The predicted octanol–water partition coefficient (Wildman–Crippen LogP) is 4.00. The van der Waals surface area contributed by atoms with Crippen molar-refractivity contribution in [2.45, 2.75) is 0 Å². The highest BCUT2D eigenvalue weighted by Crippen LogP contribution is 2.27. The Balaban J connectivity index is 2.32. The molecule has 0 saturated carbocycles. The third-order valence-corrected chi connectivity index (χ3v) is 3.97. The van der Waals surface area contributed by atoms with E-state index in [1.165, 1.54) is 6.07 Å². The van der Waals surface area contributed by atoms with Gasteiger partial charge in [0.15, 0.2) is 0 Å². The number of hydrogen-bond acceptors (Lipinski definition) is 2. The van der Waals surface area contributed by atoms with Crippen molar-refractivity contribution in [1.82, 2.24) is 0 Å². The third-order valence-electron chi connectivity index (χ3n) is 2.59. The molecule has 2 aromatic carbocycles. The Morgan fingerprint density at radius 1 is 1.10 bits per heavy atom. The first-order chi connectivity index (χ1) is 9.49. The number of benzene rings is 2. The number of carboxylic acids is 1. The van der Waals surface area contributed by atoms with Crippen LogP contribution in [0.1, 0.15) is 20.7 Å². The Morgan fingerprint density at radius 2 is 1.75 bits per heavy atom. The summed E-state index contributed by atoms with van der Waals surface area (Å²) in [4.78, 5) is 23.3. The number of carboxylic acid groups (broad SMARTS) is 1. The first-order valence-corrected chi connectivity index (χ1v) is 7.45. The molecule has 0 aromatic heterocycles. The van der Waals surface area contributed by atoms with Gasteiger partial charge in [0, 0.05) is 13.6 Å². The van der Waals surface area contributed by atoms with E-state index in [2.05, 4.69) is 43.8 Å². The molecule has 0 unspecified atom stereocenters. The minimum absolute atomic E-state index is 0.0400. The van der Waals surface area contributed by atoms with Gasteiger partial charge < -0.3 is 10.4 Å². The van der Waals surface area contributed by atoms with Crippen molar-refractivity contribution < 1.29 is 14.7 Å². The molecule has 0 atom stereocenters. The van der Waals surface area contributed by atoms with Crippen molar-refractivity contribution in [3.05, 3.63) is 61.6 Å². The van der Waals surface area contributed by atoms with Crippen LogP contribution in [0.15, 0.2) is 46.9 Å². The smallest absolute Gasteiger partial charge is 0.337 e. The highest BCUT2D eigenvalue weighted by Gasteiger charge is 2.16. The van der Waals surface area contributed by atoms with Gasteiger partial charge in [-0.1, -0.05) is 6.07 Å². The van der Waals surface area contributed by atoms with Gasteiger partial charge in [-0.15, -0.1) is 0 Å². The first-order valence-electron chi connectivity index (χ1n) is 5.58. The van der Waals surface area contributed by atoms with Crippen LogP contribution in [-0.2, 0) is 0 Å². The van der Waals surface area contributed by atoms with Crippen LogP contribution in [0, 0.1) is 3.57 Å². The molecule has 0 aliphatic rings. The Labute approximate surface area is 137 Å². The van der Waals surface area contributed by atoms with E-state index in [0.717, 1.165) is 3.57 Å². The Kier molecular flexibility index (Phi) is 4.77. The zero-order valence-electron chi connectivity index (χ0n) is 10.1. The molecule has 6 heteroatoms. The van der Waals surface area contributed by atoms with Gasteiger partial charge in [-0.05, 0) is 74.9 Å². The lowest BCUT2D eigenvalue weighted by Crippen LogP contribution is -2.15. The zero-order chi connectivity index (χ0) is 14.7. The molecule has 0 aliphatic carbocycles. The summed E-state index contributed by atoms with van der Waals surface area (Å²) in [5, 5.41) is 11.8. The lowest BCUT2D eigenvalue weighted by atomic mass is 10.1. The lowest BCUT2D eigenvalue weighted by Gasteiger charge is -2.10. The number of nitrogens with one attached hydrogen (secondary N) is 1. The molecule has 2 rings (SSSR count). The number of para-hydroxylation sites is 1. The number of hydrogen-bond donors (Lipinski definition) is 2. The highest BCUT2D eigenvalue weighted by atomic mass is 127. The van der Waals surface area contributed by atoms with Gasteiger partial charge in [-0.3, -0.25) is 4.79 Å². The van der Waals surface area contributed by atoms with Crippen molar-refractivity contribution in [2.75, 3.05) is 5.32 Å². The van der Waals surface area contributed by atoms with Gasteiger partial charge >= 0.3 is 5.97 Å². The number of carbonyl (C=O) groups is 2. The normalized spacial score (nSPS) is 10.1. The largest absolute Gasteiger partial charge is 0.478 e. The topological polar surface area (TPSA) is 66.4 Å². The molecule has 0 heterocycles. The molecule has 102 valence electrons. The zero-order valence-corrected chi connectivity index (χ0v) is 13.8. The molecule has 0 fully saturated rings. The van der Waals surface area contributed by atoms with Crippen LogP contribution in [0.25, 0.3) is 0 Å². The molecular formula is C14H9BrINO3. The van der Waals surface area contributed by atoms with E-state index in [0.29, 0.717) is 10.0 Å². The van der Waals surface area contributed by atoms with Gasteiger partial charge in [0.25, 0.3) is 5.91 Å². The lowest BCUT2D eigenvalue weighted by molar-refractivity contribution is 0.0698. The fraction of sp³-hybridized carbons (Fsp3) is 0. The number of aromatic carboxylic acids is 1. The Morgan fingerprint density at radius 3 is 2.35 bits per heavy atom. The third kappa shape index (κ3) is 3.37. The molecule has 2 N–H and O–H groups in total. The van der Waals surface area contributed by atoms with E-state index in [-0.39, 0.29) is 17.2 Å². The van der Waals surface area contributed by atoms with E-state index in [4.69, 9.17) is 5.11 Å². The summed E-state index contributed by atoms with van der Waals surface area (Å²) in [6, 6.07) is 11.7. The van der Waals surface area contributed by atoms with Crippen LogP contribution >= 0.6 is 38.5 Å². The van der Waals surface area contributed by atoms with Crippen LogP contribution in [0.5, 0.6) is 0 Å². The van der Waals surface area contributed by atoms with Crippen molar-refractivity contribution in [3.8, 4) is 0 Å². The van der Waals surface area contributed by atoms with E-state index in [1.807, 2.05) is 12.1 Å². The maximum atomic E-state index is 12.1. The van der Waals surface area contributed by atoms with Crippen molar-refractivity contribution in [3.63, 3.8) is 0 Å². The average Bonchev–Trinajstić information content (AvgIpc) is 2.41. The van der Waals surface area contributed by atoms with Crippen molar-refractivity contribution >= 4 is 56.1 Å². The first kappa shape index (κ1) is 15.0. The van der Waals surface area contributed by atoms with E-state index in [1.54, 1.807) is 24.3 Å². The standard InChI is InChI=1S/C14H9BrINO3/c15-11-3-1-2-10(14(19)20)12(11)17-13(18)8-4-6-9(16)7-5-8/h1-7H,(H,17,18)(H,19,20). The maximum absolute atomic E-state index is 12.1. The summed E-state index contributed by atoms with van der Waals surface area (Å²) < 4.78 is 1.54. The average molecular weight is 446 g/mol. The molecule has 2 aromatic rings. The van der Waals surface area contributed by atoms with Gasteiger partial charge in [0.2, 0.25) is 0 Å². The maximum Gasteiger partial charge on any atom is 0.337 e. The second kappa shape index (κ2) is 6.36. The predicted molar refractivity (Wildman–Crippen MR) is 88.2 cm³/mol. The summed E-state index contributed by atoms with van der Waals surface area (Å²) in [6.45, 7) is 0. The SMILES string of the molecule is O=C(Nc1c(Br)cccc1C(=O)O)c1ccc(I)cc1. The second-order valence-corrected chi connectivity index (χ2v) is 6.03. The molecular weight excluding hydrogens is 437 g/mol. The summed E-state index contributed by atoms with van der Waals surface area (Å²) in [5.41, 5.74) is 0.763. The molecule has 20 heavy (non-hydrogen) atoms. The van der Waals surface area contributed by atoms with Gasteiger partial charge in [-0.2, -0.15) is 0 Å². The molecule has 0 radical (unpaired) electrons. The number of rotatable bonds is 3. The van der Waals surface area contributed by atoms with Crippen LogP contribution in [0.4, 0.5) is 5.69 Å². The van der Waals surface area contributed by atoms with Gasteiger partial charge in [-0.25, -0.2) is 4.79 Å². The van der Waals surface area contributed by atoms with E-state index >= 15 is 0 Å². The van der Waals surface area contributed by atoms with Crippen molar-refractivity contribution in [2.24, 2.45) is 0 Å². The van der Waals surface area contributed by atoms with Crippen molar-refractivity contribution in [1.29, 1.82) is 0 Å². The minimum atomic E-state index is -1.09. The summed E-state index contributed by atoms with van der Waals surface area (Å²) in [7, 11) is 0. The quantitative estimate of drug-likeness (QED) is 0.701. The molecule has 0 bridgehead atoms. The number of anilines is 1. The van der Waals surface area contributed by atoms with Crippen LogP contribution in [0.2, 0.25) is 0 Å². The van der Waals surface area contributed by atoms with Crippen LogP contribution < -0.4 is 5.32 Å². The number of carbonyl (C=O) groups excluding carboxylic acids is 1. The molecule has 1 amide bonds. The van der Waals surface area contributed by atoms with E-state index in [9.17, 15) is 9.59 Å².